The number of carbonyl (C=O) groups is 1. The van der Waals surface area contributed by atoms with Crippen molar-refractivity contribution in [3.05, 3.63) is 53.3 Å². The SMILES string of the molecule is COc1ccc2c(c1)CN(C(=O)NCc1ccncc1OCC(F)F)C2. The second kappa shape index (κ2) is 7.99. The third-order valence-corrected chi connectivity index (χ3v) is 4.09. The van der Waals surface area contributed by atoms with Crippen molar-refractivity contribution < 1.29 is 23.0 Å². The van der Waals surface area contributed by atoms with Crippen molar-refractivity contribution in [2.45, 2.75) is 26.1 Å². The molecule has 0 saturated carbocycles. The molecule has 6 nitrogen and oxygen atoms in total. The summed E-state index contributed by atoms with van der Waals surface area (Å²) in [5.41, 5.74) is 2.71. The molecule has 2 aromatic rings. The average molecular weight is 363 g/mol. The topological polar surface area (TPSA) is 63.7 Å². The fraction of sp³-hybridized carbons (Fsp3) is 0.333. The number of rotatable bonds is 6. The first-order chi connectivity index (χ1) is 12.6. The van der Waals surface area contributed by atoms with Crippen molar-refractivity contribution in [2.75, 3.05) is 13.7 Å². The number of alkyl halides is 2. The Labute approximate surface area is 149 Å². The number of fused-ring (bicyclic) bond motifs is 1. The zero-order valence-corrected chi connectivity index (χ0v) is 14.2. The van der Waals surface area contributed by atoms with Crippen LogP contribution in [0, 0.1) is 0 Å². The number of carbonyl (C=O) groups excluding carboxylic acids is 1. The molecule has 26 heavy (non-hydrogen) atoms. The highest BCUT2D eigenvalue weighted by Gasteiger charge is 2.23. The van der Waals surface area contributed by atoms with Crippen molar-refractivity contribution >= 4 is 6.03 Å². The van der Waals surface area contributed by atoms with Crippen LogP contribution in [0.25, 0.3) is 0 Å². The maximum Gasteiger partial charge on any atom is 0.318 e. The molecule has 138 valence electrons. The van der Waals surface area contributed by atoms with Crippen LogP contribution in [-0.2, 0) is 19.6 Å². The number of nitrogens with zero attached hydrogens (tertiary/aromatic N) is 2. The van der Waals surface area contributed by atoms with Gasteiger partial charge in [-0.15, -0.1) is 0 Å². The van der Waals surface area contributed by atoms with Gasteiger partial charge in [0.1, 0.15) is 18.1 Å². The Morgan fingerprint density at radius 3 is 2.88 bits per heavy atom. The van der Waals surface area contributed by atoms with Crippen LogP contribution in [0.4, 0.5) is 13.6 Å². The zero-order chi connectivity index (χ0) is 18.5. The molecule has 3 rings (SSSR count). The molecule has 0 spiro atoms. The summed E-state index contributed by atoms with van der Waals surface area (Å²) in [5.74, 6) is 0.992. The van der Waals surface area contributed by atoms with Crippen LogP contribution in [0.5, 0.6) is 11.5 Å². The predicted octanol–water partition coefficient (Wildman–Crippen LogP) is 2.96. The molecule has 0 fully saturated rings. The first-order valence-electron chi connectivity index (χ1n) is 8.09. The number of urea groups is 1. The van der Waals surface area contributed by atoms with E-state index in [9.17, 15) is 13.6 Å². The molecule has 2 amide bonds. The molecule has 1 aliphatic heterocycles. The lowest BCUT2D eigenvalue weighted by Crippen LogP contribution is -2.36. The van der Waals surface area contributed by atoms with Gasteiger partial charge in [0.2, 0.25) is 0 Å². The molecule has 0 aliphatic carbocycles. The molecule has 1 aliphatic rings. The summed E-state index contributed by atoms with van der Waals surface area (Å²) in [6.07, 6.45) is 0.314. The summed E-state index contributed by atoms with van der Waals surface area (Å²) in [4.78, 5) is 18.0. The lowest BCUT2D eigenvalue weighted by Gasteiger charge is -2.17. The van der Waals surface area contributed by atoms with Crippen molar-refractivity contribution in [1.29, 1.82) is 0 Å². The van der Waals surface area contributed by atoms with E-state index >= 15 is 0 Å². The smallest absolute Gasteiger partial charge is 0.318 e. The van der Waals surface area contributed by atoms with E-state index in [1.54, 1.807) is 18.1 Å². The van der Waals surface area contributed by atoms with E-state index in [-0.39, 0.29) is 18.3 Å². The first-order valence-corrected chi connectivity index (χ1v) is 8.09. The van der Waals surface area contributed by atoms with Crippen molar-refractivity contribution in [3.63, 3.8) is 0 Å². The number of halogens is 2. The maximum atomic E-state index is 12.4. The standard InChI is InChI=1S/C18H19F2N3O3/c1-25-15-3-2-13-9-23(10-14(13)6-15)18(24)22-7-12-4-5-21-8-16(12)26-11-17(19)20/h2-6,8,17H,7,9-11H2,1H3,(H,22,24). The Morgan fingerprint density at radius 1 is 1.31 bits per heavy atom. The van der Waals surface area contributed by atoms with Gasteiger partial charge in [0.05, 0.1) is 13.3 Å². The molecule has 0 saturated heterocycles. The maximum absolute atomic E-state index is 12.4. The van der Waals surface area contributed by atoms with Gasteiger partial charge in [-0.1, -0.05) is 6.07 Å². The minimum atomic E-state index is -2.57. The van der Waals surface area contributed by atoms with Gasteiger partial charge in [-0.3, -0.25) is 4.98 Å². The quantitative estimate of drug-likeness (QED) is 0.857. The van der Waals surface area contributed by atoms with E-state index in [1.165, 1.54) is 12.4 Å². The summed E-state index contributed by atoms with van der Waals surface area (Å²) < 4.78 is 34.9. The van der Waals surface area contributed by atoms with E-state index in [0.717, 1.165) is 16.9 Å². The summed E-state index contributed by atoms with van der Waals surface area (Å²) in [6.45, 7) is 0.450. The predicted molar refractivity (Wildman–Crippen MR) is 90.2 cm³/mol. The van der Waals surface area contributed by atoms with Crippen LogP contribution >= 0.6 is 0 Å². The largest absolute Gasteiger partial charge is 0.497 e. The molecule has 0 bridgehead atoms. The van der Waals surface area contributed by atoms with Gasteiger partial charge in [0, 0.05) is 31.4 Å². The lowest BCUT2D eigenvalue weighted by molar-refractivity contribution is 0.0811. The average Bonchev–Trinajstić information content (AvgIpc) is 3.08. The molecule has 0 radical (unpaired) electrons. The van der Waals surface area contributed by atoms with Crippen molar-refractivity contribution in [3.8, 4) is 11.5 Å². The second-order valence-corrected chi connectivity index (χ2v) is 5.83. The van der Waals surface area contributed by atoms with Gasteiger partial charge in [0.25, 0.3) is 6.43 Å². The molecule has 2 heterocycles. The third-order valence-electron chi connectivity index (χ3n) is 4.09. The van der Waals surface area contributed by atoms with Crippen LogP contribution < -0.4 is 14.8 Å². The van der Waals surface area contributed by atoms with Crippen LogP contribution in [0.15, 0.2) is 36.7 Å². The lowest BCUT2D eigenvalue weighted by atomic mass is 10.1. The van der Waals surface area contributed by atoms with E-state index in [1.807, 2.05) is 18.2 Å². The Kier molecular flexibility index (Phi) is 5.50. The summed E-state index contributed by atoms with van der Waals surface area (Å²) in [5, 5.41) is 2.79. The van der Waals surface area contributed by atoms with Gasteiger partial charge in [0.15, 0.2) is 0 Å². The highest BCUT2D eigenvalue weighted by Crippen LogP contribution is 2.26. The molecule has 1 aromatic heterocycles. The van der Waals surface area contributed by atoms with E-state index in [4.69, 9.17) is 9.47 Å². The van der Waals surface area contributed by atoms with Gasteiger partial charge in [-0.25, -0.2) is 13.6 Å². The Balaban J connectivity index is 1.58. The monoisotopic (exact) mass is 363 g/mol. The minimum absolute atomic E-state index is 0.163. The molecule has 1 N–H and O–H groups in total. The van der Waals surface area contributed by atoms with Crippen LogP contribution in [0.2, 0.25) is 0 Å². The summed E-state index contributed by atoms with van der Waals surface area (Å²) in [7, 11) is 1.60. The van der Waals surface area contributed by atoms with E-state index < -0.39 is 13.0 Å². The fourth-order valence-electron chi connectivity index (χ4n) is 2.76. The third kappa shape index (κ3) is 4.19. The molecular weight excluding hydrogens is 344 g/mol. The number of nitrogens with one attached hydrogen (secondary N) is 1. The van der Waals surface area contributed by atoms with E-state index in [2.05, 4.69) is 10.3 Å². The fourth-order valence-corrected chi connectivity index (χ4v) is 2.76. The molecular formula is C18H19F2N3O3. The van der Waals surface area contributed by atoms with Crippen LogP contribution in [-0.4, -0.2) is 36.1 Å². The van der Waals surface area contributed by atoms with Crippen molar-refractivity contribution in [1.82, 2.24) is 15.2 Å². The number of benzene rings is 1. The van der Waals surface area contributed by atoms with Gasteiger partial charge >= 0.3 is 6.03 Å². The molecule has 0 atom stereocenters. The zero-order valence-electron chi connectivity index (χ0n) is 14.2. The van der Waals surface area contributed by atoms with Gasteiger partial charge < -0.3 is 19.7 Å². The van der Waals surface area contributed by atoms with Gasteiger partial charge in [-0.05, 0) is 29.3 Å². The molecule has 0 unspecified atom stereocenters. The number of methoxy groups -OCH3 is 1. The Bertz CT molecular complexity index is 786. The Hall–Kier alpha value is -2.90. The van der Waals surface area contributed by atoms with Gasteiger partial charge in [-0.2, -0.15) is 0 Å². The first kappa shape index (κ1) is 17.9. The second-order valence-electron chi connectivity index (χ2n) is 5.83. The summed E-state index contributed by atoms with van der Waals surface area (Å²) >= 11 is 0. The molecule has 8 heteroatoms. The number of ether oxygens (including phenoxy) is 2. The van der Waals surface area contributed by atoms with Crippen molar-refractivity contribution in [2.24, 2.45) is 0 Å². The normalized spacial score (nSPS) is 12.8. The van der Waals surface area contributed by atoms with Crippen LogP contribution in [0.3, 0.4) is 0 Å². The number of amides is 2. The van der Waals surface area contributed by atoms with E-state index in [0.29, 0.717) is 18.7 Å². The van der Waals surface area contributed by atoms with Crippen LogP contribution in [0.1, 0.15) is 16.7 Å². The number of pyridine rings is 1. The number of hydrogen-bond acceptors (Lipinski definition) is 4. The highest BCUT2D eigenvalue weighted by atomic mass is 19.3. The highest BCUT2D eigenvalue weighted by molar-refractivity contribution is 5.75. The number of hydrogen-bond donors (Lipinski definition) is 1. The minimum Gasteiger partial charge on any atom is -0.497 e. The molecule has 1 aromatic carbocycles. The number of aromatic nitrogens is 1. The Morgan fingerprint density at radius 2 is 2.12 bits per heavy atom. The summed E-state index contributed by atoms with van der Waals surface area (Å²) in [6, 6.07) is 7.12.